The average Bonchev–Trinajstić information content (AvgIpc) is 2.23. The molecule has 0 fully saturated rings. The maximum absolute atomic E-state index is 11.3. The molecule has 0 saturated heterocycles. The SMILES string of the molecule is CCCCC(=O)CCCC(O)CCCC. The molecule has 0 aliphatic carbocycles. The van der Waals surface area contributed by atoms with Crippen LogP contribution >= 0.6 is 0 Å². The first-order valence-corrected chi connectivity index (χ1v) is 6.40. The zero-order chi connectivity index (χ0) is 11.5. The molecule has 1 unspecified atom stereocenters. The number of hydrogen-bond acceptors (Lipinski definition) is 2. The van der Waals surface area contributed by atoms with E-state index in [0.717, 1.165) is 51.4 Å². The van der Waals surface area contributed by atoms with Crippen molar-refractivity contribution >= 4 is 5.78 Å². The van der Waals surface area contributed by atoms with E-state index < -0.39 is 0 Å². The predicted molar refractivity (Wildman–Crippen MR) is 63.9 cm³/mol. The fourth-order valence-corrected chi connectivity index (χ4v) is 1.62. The summed E-state index contributed by atoms with van der Waals surface area (Å²) in [6, 6.07) is 0. The minimum atomic E-state index is -0.191. The van der Waals surface area contributed by atoms with Gasteiger partial charge in [-0.15, -0.1) is 0 Å². The second-order valence-corrected chi connectivity index (χ2v) is 4.33. The van der Waals surface area contributed by atoms with Crippen molar-refractivity contribution in [2.24, 2.45) is 0 Å². The van der Waals surface area contributed by atoms with Crippen LogP contribution in [0.15, 0.2) is 0 Å². The summed E-state index contributed by atoms with van der Waals surface area (Å²) in [6.07, 6.45) is 8.04. The van der Waals surface area contributed by atoms with Crippen molar-refractivity contribution in [2.75, 3.05) is 0 Å². The third kappa shape index (κ3) is 9.92. The number of aliphatic hydroxyl groups excluding tert-OH is 1. The molecule has 2 nitrogen and oxygen atoms in total. The zero-order valence-corrected chi connectivity index (χ0v) is 10.3. The van der Waals surface area contributed by atoms with Crippen LogP contribution < -0.4 is 0 Å². The average molecular weight is 214 g/mol. The lowest BCUT2D eigenvalue weighted by molar-refractivity contribution is -0.119. The Morgan fingerprint density at radius 3 is 2.13 bits per heavy atom. The highest BCUT2D eigenvalue weighted by atomic mass is 16.3. The van der Waals surface area contributed by atoms with Gasteiger partial charge in [-0.25, -0.2) is 0 Å². The molecule has 0 amide bonds. The maximum Gasteiger partial charge on any atom is 0.132 e. The number of hydrogen-bond donors (Lipinski definition) is 1. The summed E-state index contributed by atoms with van der Waals surface area (Å²) >= 11 is 0. The third-order valence-electron chi connectivity index (χ3n) is 2.69. The van der Waals surface area contributed by atoms with Gasteiger partial charge >= 0.3 is 0 Å². The molecule has 90 valence electrons. The van der Waals surface area contributed by atoms with E-state index in [1.54, 1.807) is 0 Å². The summed E-state index contributed by atoms with van der Waals surface area (Å²) in [6.45, 7) is 4.22. The molecule has 0 aliphatic rings. The van der Waals surface area contributed by atoms with E-state index >= 15 is 0 Å². The van der Waals surface area contributed by atoms with Crippen molar-refractivity contribution in [1.29, 1.82) is 0 Å². The van der Waals surface area contributed by atoms with Crippen LogP contribution in [0.25, 0.3) is 0 Å². The molecule has 0 heterocycles. The van der Waals surface area contributed by atoms with Gasteiger partial charge < -0.3 is 5.11 Å². The van der Waals surface area contributed by atoms with Gasteiger partial charge in [0.1, 0.15) is 5.78 Å². The number of Topliss-reactive ketones (excluding diaryl/α,β-unsaturated/α-hetero) is 1. The largest absolute Gasteiger partial charge is 0.393 e. The normalized spacial score (nSPS) is 12.7. The highest BCUT2D eigenvalue weighted by Crippen LogP contribution is 2.10. The topological polar surface area (TPSA) is 37.3 Å². The van der Waals surface area contributed by atoms with Gasteiger partial charge in [0.2, 0.25) is 0 Å². The van der Waals surface area contributed by atoms with Crippen molar-refractivity contribution < 1.29 is 9.90 Å². The summed E-state index contributed by atoms with van der Waals surface area (Å²) in [5.74, 6) is 0.361. The van der Waals surface area contributed by atoms with Crippen molar-refractivity contribution in [3.63, 3.8) is 0 Å². The van der Waals surface area contributed by atoms with E-state index in [0.29, 0.717) is 12.2 Å². The molecule has 0 aromatic carbocycles. The summed E-state index contributed by atoms with van der Waals surface area (Å²) < 4.78 is 0. The van der Waals surface area contributed by atoms with Crippen LogP contribution in [0, 0.1) is 0 Å². The number of aliphatic hydroxyl groups is 1. The standard InChI is InChI=1S/C13H26O2/c1-3-5-8-12(14)10-7-11-13(15)9-6-4-2/h12,14H,3-11H2,1-2H3. The second kappa shape index (κ2) is 10.2. The Balaban J connectivity index is 3.31. The van der Waals surface area contributed by atoms with E-state index in [9.17, 15) is 9.90 Å². The molecule has 0 radical (unpaired) electrons. The van der Waals surface area contributed by atoms with Gasteiger partial charge in [0.25, 0.3) is 0 Å². The fourth-order valence-electron chi connectivity index (χ4n) is 1.62. The van der Waals surface area contributed by atoms with Gasteiger partial charge in [-0.1, -0.05) is 33.1 Å². The molecule has 0 bridgehead atoms. The molecule has 0 saturated carbocycles. The lowest BCUT2D eigenvalue weighted by Crippen LogP contribution is -2.07. The van der Waals surface area contributed by atoms with Gasteiger partial charge in [0, 0.05) is 12.8 Å². The fraction of sp³-hybridized carbons (Fsp3) is 0.923. The summed E-state index contributed by atoms with van der Waals surface area (Å²) in [5.41, 5.74) is 0. The lowest BCUT2D eigenvalue weighted by atomic mass is 10.0. The van der Waals surface area contributed by atoms with Crippen molar-refractivity contribution in [2.45, 2.75) is 77.7 Å². The Bertz CT molecular complexity index is 155. The van der Waals surface area contributed by atoms with E-state index in [-0.39, 0.29) is 6.10 Å². The minimum Gasteiger partial charge on any atom is -0.393 e. The molecule has 0 aromatic heterocycles. The second-order valence-electron chi connectivity index (χ2n) is 4.33. The number of unbranched alkanes of at least 4 members (excludes halogenated alkanes) is 2. The highest BCUT2D eigenvalue weighted by Gasteiger charge is 2.05. The number of carbonyl (C=O) groups is 1. The van der Waals surface area contributed by atoms with Crippen LogP contribution in [0.1, 0.15) is 71.6 Å². The van der Waals surface area contributed by atoms with E-state index in [1.807, 2.05) is 0 Å². The van der Waals surface area contributed by atoms with E-state index in [2.05, 4.69) is 13.8 Å². The Kier molecular flexibility index (Phi) is 9.91. The summed E-state index contributed by atoms with van der Waals surface area (Å²) in [5, 5.41) is 9.56. The van der Waals surface area contributed by atoms with Crippen LogP contribution in [0.3, 0.4) is 0 Å². The first-order valence-electron chi connectivity index (χ1n) is 6.40. The van der Waals surface area contributed by atoms with Gasteiger partial charge in [-0.3, -0.25) is 4.79 Å². The Labute approximate surface area is 94.1 Å². The molecule has 0 rings (SSSR count). The minimum absolute atomic E-state index is 0.191. The molecule has 0 spiro atoms. The Morgan fingerprint density at radius 2 is 1.53 bits per heavy atom. The van der Waals surface area contributed by atoms with Crippen molar-refractivity contribution in [3.8, 4) is 0 Å². The van der Waals surface area contributed by atoms with Gasteiger partial charge in [-0.2, -0.15) is 0 Å². The molecule has 0 aliphatic heterocycles. The van der Waals surface area contributed by atoms with Crippen LogP contribution in [-0.4, -0.2) is 17.0 Å². The van der Waals surface area contributed by atoms with Crippen LogP contribution in [0.4, 0.5) is 0 Å². The van der Waals surface area contributed by atoms with Crippen LogP contribution in [-0.2, 0) is 4.79 Å². The van der Waals surface area contributed by atoms with Crippen LogP contribution in [0.2, 0.25) is 0 Å². The van der Waals surface area contributed by atoms with E-state index in [1.165, 1.54) is 0 Å². The molecule has 0 aromatic rings. The van der Waals surface area contributed by atoms with Crippen molar-refractivity contribution in [1.82, 2.24) is 0 Å². The van der Waals surface area contributed by atoms with Gasteiger partial charge in [0.05, 0.1) is 6.10 Å². The zero-order valence-electron chi connectivity index (χ0n) is 10.3. The predicted octanol–water partition coefficient (Wildman–Crippen LogP) is 3.47. The van der Waals surface area contributed by atoms with Gasteiger partial charge in [-0.05, 0) is 25.7 Å². The third-order valence-corrected chi connectivity index (χ3v) is 2.69. The number of carbonyl (C=O) groups excluding carboxylic acids is 1. The molecular formula is C13H26O2. The van der Waals surface area contributed by atoms with Gasteiger partial charge in [0.15, 0.2) is 0 Å². The first-order chi connectivity index (χ1) is 7.20. The van der Waals surface area contributed by atoms with Crippen LogP contribution in [0.5, 0.6) is 0 Å². The monoisotopic (exact) mass is 214 g/mol. The number of rotatable bonds is 10. The smallest absolute Gasteiger partial charge is 0.132 e. The maximum atomic E-state index is 11.3. The molecule has 2 heteroatoms. The summed E-state index contributed by atoms with van der Waals surface area (Å²) in [7, 11) is 0. The Hall–Kier alpha value is -0.370. The Morgan fingerprint density at radius 1 is 1.00 bits per heavy atom. The first kappa shape index (κ1) is 14.6. The summed E-state index contributed by atoms with van der Waals surface area (Å²) in [4.78, 5) is 11.3. The molecule has 1 N–H and O–H groups in total. The number of ketones is 1. The lowest BCUT2D eigenvalue weighted by Gasteiger charge is -2.08. The van der Waals surface area contributed by atoms with E-state index in [4.69, 9.17) is 0 Å². The molecular weight excluding hydrogens is 188 g/mol. The quantitative estimate of drug-likeness (QED) is 0.604. The molecule has 1 atom stereocenters. The highest BCUT2D eigenvalue weighted by molar-refractivity contribution is 5.78. The molecule has 15 heavy (non-hydrogen) atoms. The van der Waals surface area contributed by atoms with Crippen molar-refractivity contribution in [3.05, 3.63) is 0 Å².